The van der Waals surface area contributed by atoms with Gasteiger partial charge in [-0.05, 0) is 95.1 Å². The number of sulfonamides is 1. The molecule has 0 aliphatic carbocycles. The van der Waals surface area contributed by atoms with Gasteiger partial charge < -0.3 is 19.5 Å². The van der Waals surface area contributed by atoms with Gasteiger partial charge in [0.1, 0.15) is 5.75 Å². The third-order valence-corrected chi connectivity index (χ3v) is 10.3. The summed E-state index contributed by atoms with van der Waals surface area (Å²) in [5, 5.41) is 10.2. The van der Waals surface area contributed by atoms with Crippen molar-refractivity contribution in [3.8, 4) is 5.75 Å². The van der Waals surface area contributed by atoms with E-state index in [1.165, 1.54) is 30.3 Å². The Kier molecular flexibility index (Phi) is 13.3. The number of carbonyl (C=O) groups is 1. The summed E-state index contributed by atoms with van der Waals surface area (Å²) in [6.07, 6.45) is -2.76. The normalized spacial score (nSPS) is 20.5. The van der Waals surface area contributed by atoms with E-state index in [-0.39, 0.29) is 47.4 Å². The molecule has 3 aromatic rings. The minimum Gasteiger partial charge on any atom is -0.490 e. The van der Waals surface area contributed by atoms with Gasteiger partial charge in [0.15, 0.2) is 0 Å². The smallest absolute Gasteiger partial charge is 0.416 e. The lowest BCUT2D eigenvalue weighted by molar-refractivity contribution is -0.137. The number of likely N-dealkylation sites (N-methyl/N-ethyl adjacent to an activating group) is 1. The van der Waals surface area contributed by atoms with Crippen molar-refractivity contribution >= 4 is 21.6 Å². The zero-order chi connectivity index (χ0) is 36.6. The molecule has 4 rings (SSSR count). The van der Waals surface area contributed by atoms with Gasteiger partial charge >= 0.3 is 6.18 Å². The van der Waals surface area contributed by atoms with Crippen molar-refractivity contribution in [2.75, 3.05) is 38.1 Å². The Balaban J connectivity index is 1.61. The lowest BCUT2D eigenvalue weighted by Gasteiger charge is -2.36. The van der Waals surface area contributed by atoms with E-state index in [9.17, 15) is 31.5 Å². The third kappa shape index (κ3) is 10.7. The van der Waals surface area contributed by atoms with Gasteiger partial charge in [-0.1, -0.05) is 36.8 Å². The van der Waals surface area contributed by atoms with Crippen LogP contribution in [0, 0.1) is 12.8 Å². The summed E-state index contributed by atoms with van der Waals surface area (Å²) in [7, 11) is -2.09. The average molecular weight is 720 g/mol. The van der Waals surface area contributed by atoms with Crippen LogP contribution in [0.1, 0.15) is 67.1 Å². The molecule has 3 aromatic carbocycles. The van der Waals surface area contributed by atoms with Crippen LogP contribution in [0.4, 0.5) is 18.9 Å². The molecule has 1 aliphatic heterocycles. The summed E-state index contributed by atoms with van der Waals surface area (Å²) in [6, 6.07) is 15.5. The highest BCUT2D eigenvalue weighted by Crippen LogP contribution is 2.31. The topological polar surface area (TPSA) is 108 Å². The maximum atomic E-state index is 14.4. The Morgan fingerprint density at radius 1 is 1.04 bits per heavy atom. The minimum absolute atomic E-state index is 0.0815. The Bertz CT molecular complexity index is 1670. The first-order valence-electron chi connectivity index (χ1n) is 16.9. The van der Waals surface area contributed by atoms with E-state index in [0.717, 1.165) is 36.1 Å². The summed E-state index contributed by atoms with van der Waals surface area (Å²) in [4.78, 5) is 18.0. The van der Waals surface area contributed by atoms with E-state index in [4.69, 9.17) is 9.47 Å². The highest BCUT2D eigenvalue weighted by molar-refractivity contribution is 7.92. The second kappa shape index (κ2) is 17.0. The van der Waals surface area contributed by atoms with Crippen molar-refractivity contribution in [1.29, 1.82) is 0 Å². The number of aliphatic hydroxyl groups is 1. The van der Waals surface area contributed by atoms with E-state index in [1.807, 2.05) is 32.7 Å². The van der Waals surface area contributed by atoms with E-state index >= 15 is 0 Å². The monoisotopic (exact) mass is 719 g/mol. The van der Waals surface area contributed by atoms with Gasteiger partial charge in [-0.15, -0.1) is 0 Å². The molecule has 0 fully saturated rings. The summed E-state index contributed by atoms with van der Waals surface area (Å²) in [6.45, 7) is 8.65. The Morgan fingerprint density at radius 2 is 1.72 bits per heavy atom. The van der Waals surface area contributed by atoms with Crippen molar-refractivity contribution in [1.82, 2.24) is 9.80 Å². The molecule has 0 radical (unpaired) electrons. The summed E-state index contributed by atoms with van der Waals surface area (Å²) < 4.78 is 80.9. The largest absolute Gasteiger partial charge is 0.490 e. The average Bonchev–Trinajstić information content (AvgIpc) is 3.06. The number of nitrogens with zero attached hydrogens (tertiary/aromatic N) is 2. The van der Waals surface area contributed by atoms with Crippen LogP contribution in [-0.2, 0) is 27.5 Å². The van der Waals surface area contributed by atoms with Crippen LogP contribution < -0.4 is 9.46 Å². The highest BCUT2D eigenvalue weighted by atomic mass is 32.2. The number of benzene rings is 3. The van der Waals surface area contributed by atoms with Crippen molar-refractivity contribution in [3.05, 3.63) is 89.0 Å². The maximum absolute atomic E-state index is 14.4. The minimum atomic E-state index is -4.41. The standard InChI is InChI=1S/C37H48F3N3O6S/c1-25-9-16-32(17-10-25)50(46,47)41-31-15-18-34-33(20-31)36(45)43(27(3)24-44)21-26(2)35(48-19-7-6-8-28(4)49-34)23-42(5)22-29-11-13-30(14-12-29)37(38,39)40/h9-18,20,26-28,35,41,44H,6-8,19,21-24H2,1-5H3/t26-,27-,28-,35-/m1/s1. The van der Waals surface area contributed by atoms with Crippen LogP contribution in [0.25, 0.3) is 0 Å². The molecule has 9 nitrogen and oxygen atoms in total. The molecule has 274 valence electrons. The number of anilines is 1. The number of fused-ring (bicyclic) bond motifs is 1. The number of hydrogen-bond donors (Lipinski definition) is 2. The van der Waals surface area contributed by atoms with Crippen molar-refractivity contribution < 1.29 is 41.0 Å². The van der Waals surface area contributed by atoms with E-state index < -0.39 is 33.7 Å². The zero-order valence-electron chi connectivity index (χ0n) is 29.2. The predicted molar refractivity (Wildman–Crippen MR) is 187 cm³/mol. The lowest BCUT2D eigenvalue weighted by atomic mass is 10.0. The first-order valence-corrected chi connectivity index (χ1v) is 18.3. The number of nitrogens with one attached hydrogen (secondary N) is 1. The molecule has 13 heteroatoms. The Morgan fingerprint density at radius 3 is 2.36 bits per heavy atom. The number of alkyl halides is 3. The van der Waals surface area contributed by atoms with Gasteiger partial charge in [0.05, 0.1) is 40.9 Å². The lowest BCUT2D eigenvalue weighted by Crippen LogP contribution is -2.47. The molecular weight excluding hydrogens is 671 g/mol. The van der Waals surface area contributed by atoms with Gasteiger partial charge in [-0.3, -0.25) is 14.4 Å². The molecule has 0 saturated heterocycles. The number of halogens is 3. The number of rotatable bonds is 9. The summed E-state index contributed by atoms with van der Waals surface area (Å²) >= 11 is 0. The number of ether oxygens (including phenoxy) is 2. The van der Waals surface area contributed by atoms with Crippen molar-refractivity contribution in [3.63, 3.8) is 0 Å². The molecule has 0 spiro atoms. The molecule has 0 aromatic heterocycles. The third-order valence-electron chi connectivity index (χ3n) is 8.86. The summed E-state index contributed by atoms with van der Waals surface area (Å²) in [5.74, 6) is -0.354. The SMILES string of the molecule is Cc1ccc(S(=O)(=O)Nc2ccc3c(c2)C(=O)N([C@H](C)CO)C[C@@H](C)[C@@H](CN(C)Cc2ccc(C(F)(F)F)cc2)OCCCC[C@@H](C)O3)cc1. The predicted octanol–water partition coefficient (Wildman–Crippen LogP) is 6.74. The van der Waals surface area contributed by atoms with Crippen LogP contribution in [0.3, 0.4) is 0 Å². The fourth-order valence-corrected chi connectivity index (χ4v) is 6.91. The van der Waals surface area contributed by atoms with Crippen molar-refractivity contribution in [2.45, 2.75) is 82.8 Å². The second-order valence-corrected chi connectivity index (χ2v) is 15.0. The van der Waals surface area contributed by atoms with Gasteiger partial charge in [0, 0.05) is 37.8 Å². The van der Waals surface area contributed by atoms with Crippen LogP contribution in [0.5, 0.6) is 5.75 Å². The molecule has 0 unspecified atom stereocenters. The fraction of sp³-hybridized carbons (Fsp3) is 0.486. The first kappa shape index (κ1) is 39.1. The maximum Gasteiger partial charge on any atom is 0.416 e. The van der Waals surface area contributed by atoms with E-state index in [1.54, 1.807) is 36.1 Å². The first-order chi connectivity index (χ1) is 23.6. The molecule has 1 heterocycles. The van der Waals surface area contributed by atoms with Gasteiger partial charge in [-0.2, -0.15) is 13.2 Å². The number of aliphatic hydroxyl groups excluding tert-OH is 1. The zero-order valence-corrected chi connectivity index (χ0v) is 30.1. The van der Waals surface area contributed by atoms with Crippen LogP contribution in [-0.4, -0.2) is 80.8 Å². The second-order valence-electron chi connectivity index (χ2n) is 13.3. The molecular formula is C37H48F3N3O6S. The molecule has 2 N–H and O–H groups in total. The molecule has 1 amide bonds. The fourth-order valence-electron chi connectivity index (χ4n) is 5.86. The molecule has 0 bridgehead atoms. The number of hydrogen-bond acceptors (Lipinski definition) is 7. The van der Waals surface area contributed by atoms with Crippen molar-refractivity contribution in [2.24, 2.45) is 5.92 Å². The van der Waals surface area contributed by atoms with Crippen LogP contribution in [0.2, 0.25) is 0 Å². The van der Waals surface area contributed by atoms with E-state index in [2.05, 4.69) is 4.72 Å². The number of aryl methyl sites for hydroxylation is 1. The van der Waals surface area contributed by atoms with Crippen LogP contribution in [0.15, 0.2) is 71.6 Å². The quantitative estimate of drug-likeness (QED) is 0.252. The number of amides is 1. The molecule has 0 saturated carbocycles. The Labute approximate surface area is 293 Å². The van der Waals surface area contributed by atoms with E-state index in [0.29, 0.717) is 31.9 Å². The van der Waals surface area contributed by atoms with Gasteiger partial charge in [-0.25, -0.2) is 8.42 Å². The number of carbonyl (C=O) groups excluding carboxylic acids is 1. The molecule has 1 aliphatic rings. The van der Waals surface area contributed by atoms with Crippen LogP contribution >= 0.6 is 0 Å². The Hall–Kier alpha value is -3.65. The highest BCUT2D eigenvalue weighted by Gasteiger charge is 2.32. The van der Waals surface area contributed by atoms with Gasteiger partial charge in [0.2, 0.25) is 0 Å². The molecule has 50 heavy (non-hydrogen) atoms. The summed E-state index contributed by atoms with van der Waals surface area (Å²) in [5.41, 5.74) is 1.27. The molecule has 4 atom stereocenters. The van der Waals surface area contributed by atoms with Gasteiger partial charge in [0.25, 0.3) is 15.9 Å².